The maximum atomic E-state index is 11.5. The molecular formula is C6H7ClN2O4S2. The Morgan fingerprint density at radius 2 is 1.87 bits per heavy atom. The first-order chi connectivity index (χ1) is 6.81. The summed E-state index contributed by atoms with van der Waals surface area (Å²) in [5.74, 6) is -1.23. The first-order valence-corrected chi connectivity index (χ1v) is 7.85. The van der Waals surface area contributed by atoms with Crippen molar-refractivity contribution in [2.24, 2.45) is 0 Å². The maximum Gasteiger partial charge on any atom is 0.233 e. The van der Waals surface area contributed by atoms with Gasteiger partial charge in [0.05, 0.1) is 11.5 Å². The zero-order chi connectivity index (χ0) is 11.5. The van der Waals surface area contributed by atoms with E-state index in [-0.39, 0.29) is 5.03 Å². The Morgan fingerprint density at radius 3 is 2.33 bits per heavy atom. The minimum atomic E-state index is -3.82. The van der Waals surface area contributed by atoms with Crippen LogP contribution < -0.4 is 0 Å². The molecule has 0 atom stereocenters. The summed E-state index contributed by atoms with van der Waals surface area (Å²) in [4.78, 5) is 7.06. The Balaban J connectivity index is 2.87. The molecule has 84 valence electrons. The van der Waals surface area contributed by atoms with E-state index in [1.54, 1.807) is 0 Å². The third-order valence-electron chi connectivity index (χ3n) is 1.47. The highest BCUT2D eigenvalue weighted by Crippen LogP contribution is 2.07. The SMILES string of the molecule is O=S(=O)(Cl)CCS(=O)(=O)c1ccncn1. The van der Waals surface area contributed by atoms with Crippen molar-refractivity contribution >= 4 is 29.6 Å². The zero-order valence-electron chi connectivity index (χ0n) is 7.37. The second kappa shape index (κ2) is 4.42. The van der Waals surface area contributed by atoms with Crippen molar-refractivity contribution in [2.45, 2.75) is 5.03 Å². The molecule has 0 spiro atoms. The summed E-state index contributed by atoms with van der Waals surface area (Å²) in [5, 5.41) is -0.210. The molecule has 1 rings (SSSR count). The van der Waals surface area contributed by atoms with E-state index in [0.29, 0.717) is 0 Å². The largest absolute Gasteiger partial charge is 0.245 e. The number of hydrogen-bond acceptors (Lipinski definition) is 6. The van der Waals surface area contributed by atoms with Gasteiger partial charge in [-0.15, -0.1) is 0 Å². The molecular weight excluding hydrogens is 264 g/mol. The van der Waals surface area contributed by atoms with Crippen LogP contribution in [-0.4, -0.2) is 38.3 Å². The van der Waals surface area contributed by atoms with Crippen LogP contribution in [0, 0.1) is 0 Å². The van der Waals surface area contributed by atoms with Crippen molar-refractivity contribution < 1.29 is 16.8 Å². The molecule has 0 amide bonds. The van der Waals surface area contributed by atoms with E-state index in [0.717, 1.165) is 6.33 Å². The Morgan fingerprint density at radius 1 is 1.20 bits per heavy atom. The highest BCUT2D eigenvalue weighted by atomic mass is 35.7. The van der Waals surface area contributed by atoms with E-state index in [2.05, 4.69) is 9.97 Å². The molecule has 15 heavy (non-hydrogen) atoms. The Kier molecular flexibility index (Phi) is 3.63. The van der Waals surface area contributed by atoms with Crippen molar-refractivity contribution in [3.8, 4) is 0 Å². The fraction of sp³-hybridized carbons (Fsp3) is 0.333. The van der Waals surface area contributed by atoms with Gasteiger partial charge >= 0.3 is 0 Å². The lowest BCUT2D eigenvalue weighted by molar-refractivity contribution is 0.589. The van der Waals surface area contributed by atoms with E-state index >= 15 is 0 Å². The molecule has 0 N–H and O–H groups in total. The van der Waals surface area contributed by atoms with E-state index in [1.165, 1.54) is 12.3 Å². The van der Waals surface area contributed by atoms with Gasteiger partial charge in [0.2, 0.25) is 9.05 Å². The number of sulfone groups is 1. The lowest BCUT2D eigenvalue weighted by Gasteiger charge is -2.00. The second-order valence-electron chi connectivity index (χ2n) is 2.61. The molecule has 0 fully saturated rings. The number of halogens is 1. The van der Waals surface area contributed by atoms with E-state index in [4.69, 9.17) is 10.7 Å². The van der Waals surface area contributed by atoms with Crippen molar-refractivity contribution in [3.05, 3.63) is 18.6 Å². The molecule has 1 aromatic rings. The Bertz CT molecular complexity index is 526. The summed E-state index contributed by atoms with van der Waals surface area (Å²) in [6, 6.07) is 1.19. The van der Waals surface area contributed by atoms with Crippen LogP contribution in [0.5, 0.6) is 0 Å². The average Bonchev–Trinajstić information content (AvgIpc) is 2.16. The fourth-order valence-corrected chi connectivity index (χ4v) is 3.70. The monoisotopic (exact) mass is 270 g/mol. The summed E-state index contributed by atoms with van der Waals surface area (Å²) < 4.78 is 44.1. The predicted octanol–water partition coefficient (Wildman–Crippen LogP) is -0.181. The standard InChI is InChI=1S/C6H7ClN2O4S2/c7-15(12,13)4-3-14(10,11)6-1-2-8-5-9-6/h1-2,5H,3-4H2. The van der Waals surface area contributed by atoms with Crippen LogP contribution in [0.25, 0.3) is 0 Å². The molecule has 0 aliphatic heterocycles. The number of rotatable bonds is 4. The molecule has 0 unspecified atom stereocenters. The second-order valence-corrected chi connectivity index (χ2v) is 7.56. The van der Waals surface area contributed by atoms with Crippen molar-refractivity contribution in [3.63, 3.8) is 0 Å². The molecule has 0 bridgehead atoms. The van der Waals surface area contributed by atoms with Gasteiger partial charge in [-0.25, -0.2) is 26.8 Å². The van der Waals surface area contributed by atoms with Crippen LogP contribution in [0.1, 0.15) is 0 Å². The van der Waals surface area contributed by atoms with Crippen molar-refractivity contribution in [1.29, 1.82) is 0 Å². The topological polar surface area (TPSA) is 94.1 Å². The molecule has 0 aromatic carbocycles. The summed E-state index contributed by atoms with van der Waals surface area (Å²) in [6.07, 6.45) is 2.33. The van der Waals surface area contributed by atoms with E-state index in [1.807, 2.05) is 0 Å². The summed E-state index contributed by atoms with van der Waals surface area (Å²) in [7, 11) is -2.62. The van der Waals surface area contributed by atoms with Gasteiger partial charge in [-0.05, 0) is 6.07 Å². The van der Waals surface area contributed by atoms with Crippen LogP contribution in [0.3, 0.4) is 0 Å². The lowest BCUT2D eigenvalue weighted by atomic mass is 10.7. The van der Waals surface area contributed by atoms with Crippen molar-refractivity contribution in [2.75, 3.05) is 11.5 Å². The molecule has 9 heteroatoms. The molecule has 6 nitrogen and oxygen atoms in total. The highest BCUT2D eigenvalue weighted by Gasteiger charge is 2.19. The molecule has 0 saturated heterocycles. The molecule has 1 aromatic heterocycles. The lowest BCUT2D eigenvalue weighted by Crippen LogP contribution is -2.15. The molecule has 1 heterocycles. The van der Waals surface area contributed by atoms with Gasteiger partial charge in [0.25, 0.3) is 0 Å². The normalized spacial score (nSPS) is 12.6. The smallest absolute Gasteiger partial charge is 0.233 e. The van der Waals surface area contributed by atoms with Crippen LogP contribution in [0.15, 0.2) is 23.6 Å². The van der Waals surface area contributed by atoms with Gasteiger partial charge in [-0.2, -0.15) is 0 Å². The molecule has 0 aliphatic carbocycles. The minimum absolute atomic E-state index is 0.210. The zero-order valence-corrected chi connectivity index (χ0v) is 9.76. The number of aromatic nitrogens is 2. The fourth-order valence-electron chi connectivity index (χ4n) is 0.776. The van der Waals surface area contributed by atoms with Crippen molar-refractivity contribution in [1.82, 2.24) is 9.97 Å². The summed E-state index contributed by atoms with van der Waals surface area (Å²) >= 11 is 0. The van der Waals surface area contributed by atoms with Crippen LogP contribution in [0.2, 0.25) is 0 Å². The van der Waals surface area contributed by atoms with Gasteiger partial charge in [0.1, 0.15) is 6.33 Å². The number of hydrogen-bond donors (Lipinski definition) is 0. The van der Waals surface area contributed by atoms with Crippen LogP contribution in [0.4, 0.5) is 0 Å². The van der Waals surface area contributed by atoms with Gasteiger partial charge in [-0.1, -0.05) is 0 Å². The first kappa shape index (κ1) is 12.3. The molecule has 0 aliphatic rings. The Labute approximate surface area is 91.7 Å². The number of nitrogens with zero attached hydrogens (tertiary/aromatic N) is 2. The maximum absolute atomic E-state index is 11.5. The average molecular weight is 271 g/mol. The first-order valence-electron chi connectivity index (χ1n) is 3.72. The quantitative estimate of drug-likeness (QED) is 0.556. The van der Waals surface area contributed by atoms with Gasteiger partial charge < -0.3 is 0 Å². The third kappa shape index (κ3) is 4.10. The van der Waals surface area contributed by atoms with E-state index in [9.17, 15) is 16.8 Å². The predicted molar refractivity (Wildman–Crippen MR) is 53.7 cm³/mol. The Hall–Kier alpha value is -0.730. The molecule has 0 radical (unpaired) electrons. The summed E-state index contributed by atoms with van der Waals surface area (Å²) in [6.45, 7) is 0. The van der Waals surface area contributed by atoms with Crippen LogP contribution >= 0.6 is 10.7 Å². The van der Waals surface area contributed by atoms with Crippen LogP contribution in [-0.2, 0) is 18.9 Å². The highest BCUT2D eigenvalue weighted by molar-refractivity contribution is 8.14. The summed E-state index contributed by atoms with van der Waals surface area (Å²) in [5.41, 5.74) is 0. The van der Waals surface area contributed by atoms with Gasteiger partial charge in [-0.3, -0.25) is 0 Å². The minimum Gasteiger partial charge on any atom is -0.245 e. The van der Waals surface area contributed by atoms with Gasteiger partial charge in [0, 0.05) is 16.9 Å². The molecule has 0 saturated carbocycles. The third-order valence-corrected chi connectivity index (χ3v) is 4.50. The van der Waals surface area contributed by atoms with E-state index < -0.39 is 30.4 Å². The van der Waals surface area contributed by atoms with Gasteiger partial charge in [0.15, 0.2) is 14.9 Å².